The Bertz CT molecular complexity index is 93.1. The van der Waals surface area contributed by atoms with Gasteiger partial charge in [0.15, 0.2) is 0 Å². The molecule has 1 amide bonds. The van der Waals surface area contributed by atoms with Crippen molar-refractivity contribution >= 4 is 5.91 Å². The fourth-order valence-corrected chi connectivity index (χ4v) is 0.423. The maximum atomic E-state index is 10.4. The van der Waals surface area contributed by atoms with Crippen molar-refractivity contribution in [3.05, 3.63) is 0 Å². The van der Waals surface area contributed by atoms with Crippen molar-refractivity contribution in [3.63, 3.8) is 0 Å². The van der Waals surface area contributed by atoms with Crippen LogP contribution in [0.4, 0.5) is 0 Å². The number of amides is 1. The largest absolute Gasteiger partial charge is 0.387 e. The molecule has 54 valence electrons. The van der Waals surface area contributed by atoms with Gasteiger partial charge in [-0.05, 0) is 13.3 Å². The van der Waals surface area contributed by atoms with E-state index in [1.807, 2.05) is 13.8 Å². The van der Waals surface area contributed by atoms with E-state index in [-0.39, 0.29) is 11.9 Å². The molecule has 3 nitrogen and oxygen atoms in total. The van der Waals surface area contributed by atoms with Gasteiger partial charge in [-0.1, -0.05) is 6.92 Å². The molecular formula is C6H13NO2. The molecule has 0 rings (SSSR count). The van der Waals surface area contributed by atoms with Gasteiger partial charge in [0.05, 0.1) is 0 Å². The Morgan fingerprint density at radius 3 is 2.67 bits per heavy atom. The minimum Gasteiger partial charge on any atom is -0.387 e. The van der Waals surface area contributed by atoms with E-state index >= 15 is 0 Å². The average Bonchev–Trinajstić information content (AvgIpc) is 1.87. The molecule has 2 N–H and O–H groups in total. The molecule has 0 aliphatic heterocycles. The van der Waals surface area contributed by atoms with Crippen molar-refractivity contribution < 1.29 is 9.90 Å². The van der Waals surface area contributed by atoms with E-state index in [2.05, 4.69) is 5.32 Å². The van der Waals surface area contributed by atoms with Crippen LogP contribution in [0.1, 0.15) is 20.3 Å². The minimum atomic E-state index is -0.412. The van der Waals surface area contributed by atoms with Gasteiger partial charge in [0.2, 0.25) is 5.91 Å². The predicted octanol–water partition coefficient (Wildman–Crippen LogP) is -0.107. The maximum Gasteiger partial charge on any atom is 0.245 e. The Morgan fingerprint density at radius 2 is 2.33 bits per heavy atom. The minimum absolute atomic E-state index is 0.171. The normalized spacial score (nSPS) is 12.8. The Hall–Kier alpha value is -0.570. The molecule has 0 unspecified atom stereocenters. The highest BCUT2D eigenvalue weighted by Gasteiger charge is 2.01. The second-order valence-corrected chi connectivity index (χ2v) is 2.03. The number of hydrogen-bond acceptors (Lipinski definition) is 2. The van der Waals surface area contributed by atoms with Gasteiger partial charge in [-0.2, -0.15) is 0 Å². The highest BCUT2D eigenvalue weighted by molar-refractivity contribution is 5.77. The highest BCUT2D eigenvalue weighted by atomic mass is 16.3. The summed E-state index contributed by atoms with van der Waals surface area (Å²) in [7, 11) is 0. The fourth-order valence-electron chi connectivity index (χ4n) is 0.423. The predicted molar refractivity (Wildman–Crippen MR) is 35.0 cm³/mol. The van der Waals surface area contributed by atoms with E-state index in [1.54, 1.807) is 0 Å². The quantitative estimate of drug-likeness (QED) is 0.561. The molecule has 0 saturated carbocycles. The Morgan fingerprint density at radius 1 is 1.78 bits per heavy atom. The lowest BCUT2D eigenvalue weighted by Gasteiger charge is -2.08. The third-order valence-corrected chi connectivity index (χ3v) is 1.16. The summed E-state index contributed by atoms with van der Waals surface area (Å²) < 4.78 is 0. The summed E-state index contributed by atoms with van der Waals surface area (Å²) in [4.78, 5) is 10.4. The van der Waals surface area contributed by atoms with Gasteiger partial charge in [0.25, 0.3) is 0 Å². The van der Waals surface area contributed by atoms with Gasteiger partial charge < -0.3 is 10.4 Å². The van der Waals surface area contributed by atoms with Crippen LogP contribution in [0.15, 0.2) is 0 Å². The topological polar surface area (TPSA) is 49.3 Å². The molecule has 9 heavy (non-hydrogen) atoms. The molecular weight excluding hydrogens is 118 g/mol. The van der Waals surface area contributed by atoms with Crippen LogP contribution < -0.4 is 5.32 Å². The van der Waals surface area contributed by atoms with Crippen molar-refractivity contribution in [1.82, 2.24) is 5.32 Å². The molecule has 0 bridgehead atoms. The standard InChI is InChI=1S/C6H13NO2/c1-3-5(2)7-6(9)4-8/h5,8H,3-4H2,1-2H3,(H,7,9)/t5-/m0/s1. The van der Waals surface area contributed by atoms with E-state index in [9.17, 15) is 4.79 Å². The van der Waals surface area contributed by atoms with Crippen molar-refractivity contribution in [2.75, 3.05) is 6.61 Å². The molecule has 0 aromatic heterocycles. The molecule has 3 heteroatoms. The van der Waals surface area contributed by atoms with E-state index in [1.165, 1.54) is 0 Å². The maximum absolute atomic E-state index is 10.4. The third kappa shape index (κ3) is 3.97. The number of aliphatic hydroxyl groups is 1. The van der Waals surface area contributed by atoms with Crippen LogP contribution in [0.25, 0.3) is 0 Å². The summed E-state index contributed by atoms with van der Waals surface area (Å²) in [5, 5.41) is 10.9. The smallest absolute Gasteiger partial charge is 0.245 e. The van der Waals surface area contributed by atoms with Crippen LogP contribution in [-0.4, -0.2) is 23.7 Å². The second-order valence-electron chi connectivity index (χ2n) is 2.03. The molecule has 0 saturated heterocycles. The molecule has 1 atom stereocenters. The average molecular weight is 131 g/mol. The number of carbonyl (C=O) groups is 1. The molecule has 0 heterocycles. The van der Waals surface area contributed by atoms with Gasteiger partial charge in [0, 0.05) is 6.04 Å². The lowest BCUT2D eigenvalue weighted by Crippen LogP contribution is -2.33. The van der Waals surface area contributed by atoms with Crippen LogP contribution in [0.5, 0.6) is 0 Å². The van der Waals surface area contributed by atoms with Crippen molar-refractivity contribution in [3.8, 4) is 0 Å². The SMILES string of the molecule is CC[C@H](C)NC(=O)CO. The first kappa shape index (κ1) is 8.43. The van der Waals surface area contributed by atoms with Gasteiger partial charge >= 0.3 is 0 Å². The first-order chi connectivity index (χ1) is 4.20. The monoisotopic (exact) mass is 131 g/mol. The highest BCUT2D eigenvalue weighted by Crippen LogP contribution is 1.85. The molecule has 0 radical (unpaired) electrons. The zero-order valence-corrected chi connectivity index (χ0v) is 5.85. The number of nitrogens with one attached hydrogen (secondary N) is 1. The van der Waals surface area contributed by atoms with E-state index in [0.717, 1.165) is 6.42 Å². The number of carbonyl (C=O) groups excluding carboxylic acids is 1. The fraction of sp³-hybridized carbons (Fsp3) is 0.833. The first-order valence-electron chi connectivity index (χ1n) is 3.11. The van der Waals surface area contributed by atoms with Crippen LogP contribution in [-0.2, 0) is 4.79 Å². The van der Waals surface area contributed by atoms with Gasteiger partial charge in [-0.3, -0.25) is 4.79 Å². The molecule has 0 fully saturated rings. The number of aliphatic hydroxyl groups excluding tert-OH is 1. The van der Waals surface area contributed by atoms with Crippen molar-refractivity contribution in [2.24, 2.45) is 0 Å². The Kier molecular flexibility index (Phi) is 4.05. The number of rotatable bonds is 3. The van der Waals surface area contributed by atoms with Crippen LogP contribution in [0.2, 0.25) is 0 Å². The van der Waals surface area contributed by atoms with Crippen LogP contribution >= 0.6 is 0 Å². The zero-order valence-electron chi connectivity index (χ0n) is 5.85. The van der Waals surface area contributed by atoms with Crippen molar-refractivity contribution in [2.45, 2.75) is 26.3 Å². The zero-order chi connectivity index (χ0) is 7.28. The summed E-state index contributed by atoms with van der Waals surface area (Å²) in [5.74, 6) is -0.302. The van der Waals surface area contributed by atoms with Crippen LogP contribution in [0.3, 0.4) is 0 Å². The molecule has 0 aromatic rings. The summed E-state index contributed by atoms with van der Waals surface area (Å²) in [6.07, 6.45) is 0.895. The molecule has 0 aliphatic carbocycles. The molecule has 0 aliphatic rings. The van der Waals surface area contributed by atoms with Crippen LogP contribution in [0, 0.1) is 0 Å². The van der Waals surface area contributed by atoms with Gasteiger partial charge in [-0.15, -0.1) is 0 Å². The van der Waals surface area contributed by atoms with Gasteiger partial charge in [0.1, 0.15) is 6.61 Å². The molecule has 0 spiro atoms. The second kappa shape index (κ2) is 4.32. The van der Waals surface area contributed by atoms with Gasteiger partial charge in [-0.25, -0.2) is 0 Å². The number of hydrogen-bond donors (Lipinski definition) is 2. The van der Waals surface area contributed by atoms with E-state index in [0.29, 0.717) is 0 Å². The summed E-state index contributed by atoms with van der Waals surface area (Å²) in [5.41, 5.74) is 0. The lowest BCUT2D eigenvalue weighted by molar-refractivity contribution is -0.124. The first-order valence-corrected chi connectivity index (χ1v) is 3.11. The van der Waals surface area contributed by atoms with E-state index < -0.39 is 6.61 Å². The third-order valence-electron chi connectivity index (χ3n) is 1.16. The summed E-state index contributed by atoms with van der Waals surface area (Å²) >= 11 is 0. The Labute approximate surface area is 55.1 Å². The van der Waals surface area contributed by atoms with E-state index in [4.69, 9.17) is 5.11 Å². The summed E-state index contributed by atoms with van der Waals surface area (Å²) in [6.45, 7) is 3.46. The van der Waals surface area contributed by atoms with Crippen molar-refractivity contribution in [1.29, 1.82) is 0 Å². The molecule has 0 aromatic carbocycles. The Balaban J connectivity index is 3.34. The lowest BCUT2D eigenvalue weighted by atomic mass is 10.2. The summed E-state index contributed by atoms with van der Waals surface area (Å²) in [6, 6.07) is 0.171.